The molecule has 0 N–H and O–H groups in total. The molecular weight excluding hydrogens is 184 g/mol. The molecule has 0 atom stereocenters. The molecule has 0 aliphatic carbocycles. The van der Waals surface area contributed by atoms with Crippen molar-refractivity contribution >= 4 is 5.78 Å². The molecule has 0 bridgehead atoms. The largest absolute Gasteiger partial charge is 0.299 e. The van der Waals surface area contributed by atoms with Crippen molar-refractivity contribution in [1.29, 1.82) is 0 Å². The van der Waals surface area contributed by atoms with Crippen LogP contribution in [-0.4, -0.2) is 5.78 Å². The maximum atomic E-state index is 11.2. The van der Waals surface area contributed by atoms with Crippen molar-refractivity contribution in [2.24, 2.45) is 5.92 Å². The van der Waals surface area contributed by atoms with Crippen LogP contribution in [0.2, 0.25) is 0 Å². The van der Waals surface area contributed by atoms with E-state index in [1.54, 1.807) is 0 Å². The molecule has 1 aromatic carbocycles. The van der Waals surface area contributed by atoms with Gasteiger partial charge in [-0.15, -0.1) is 0 Å². The SMILES string of the molecule is CCC(=O)Cc1ccc(CC(C)C)cc1. The van der Waals surface area contributed by atoms with Gasteiger partial charge in [-0.2, -0.15) is 0 Å². The van der Waals surface area contributed by atoms with Crippen LogP contribution in [-0.2, 0) is 17.6 Å². The second-order valence-corrected chi connectivity index (χ2v) is 4.48. The Morgan fingerprint density at radius 1 is 1.13 bits per heavy atom. The van der Waals surface area contributed by atoms with E-state index in [1.807, 2.05) is 6.92 Å². The smallest absolute Gasteiger partial charge is 0.136 e. The zero-order valence-electron chi connectivity index (χ0n) is 9.92. The average Bonchev–Trinajstić information content (AvgIpc) is 2.20. The summed E-state index contributed by atoms with van der Waals surface area (Å²) in [6, 6.07) is 8.42. The molecule has 0 amide bonds. The monoisotopic (exact) mass is 204 g/mol. The maximum Gasteiger partial charge on any atom is 0.136 e. The van der Waals surface area contributed by atoms with Gasteiger partial charge in [-0.05, 0) is 23.5 Å². The van der Waals surface area contributed by atoms with E-state index in [-0.39, 0.29) is 0 Å². The van der Waals surface area contributed by atoms with Crippen LogP contribution in [0.15, 0.2) is 24.3 Å². The van der Waals surface area contributed by atoms with E-state index < -0.39 is 0 Å². The molecule has 1 aromatic rings. The molecule has 0 saturated carbocycles. The average molecular weight is 204 g/mol. The van der Waals surface area contributed by atoms with Gasteiger partial charge in [0.25, 0.3) is 0 Å². The quantitative estimate of drug-likeness (QED) is 0.718. The standard InChI is InChI=1S/C14H20O/c1-4-14(15)10-13-7-5-12(6-8-13)9-11(2)3/h5-8,11H,4,9-10H2,1-3H3. The predicted molar refractivity (Wildman–Crippen MR) is 64.0 cm³/mol. The number of benzene rings is 1. The second kappa shape index (κ2) is 5.69. The lowest BCUT2D eigenvalue weighted by molar-refractivity contribution is -0.118. The van der Waals surface area contributed by atoms with E-state index >= 15 is 0 Å². The second-order valence-electron chi connectivity index (χ2n) is 4.48. The highest BCUT2D eigenvalue weighted by atomic mass is 16.1. The number of ketones is 1. The van der Waals surface area contributed by atoms with Crippen LogP contribution in [0.25, 0.3) is 0 Å². The maximum absolute atomic E-state index is 11.2. The highest BCUT2D eigenvalue weighted by Gasteiger charge is 2.01. The number of Topliss-reactive ketones (excluding diaryl/α,β-unsaturated/α-hetero) is 1. The first kappa shape index (κ1) is 12.0. The summed E-state index contributed by atoms with van der Waals surface area (Å²) in [5.41, 5.74) is 2.49. The van der Waals surface area contributed by atoms with Crippen LogP contribution in [0, 0.1) is 5.92 Å². The Morgan fingerprint density at radius 3 is 2.13 bits per heavy atom. The first-order valence-electron chi connectivity index (χ1n) is 5.71. The zero-order valence-corrected chi connectivity index (χ0v) is 9.92. The van der Waals surface area contributed by atoms with Crippen LogP contribution >= 0.6 is 0 Å². The molecule has 0 fully saturated rings. The van der Waals surface area contributed by atoms with Crippen molar-refractivity contribution in [3.8, 4) is 0 Å². The lowest BCUT2D eigenvalue weighted by Crippen LogP contribution is -2.00. The number of rotatable bonds is 5. The fraction of sp³-hybridized carbons (Fsp3) is 0.500. The van der Waals surface area contributed by atoms with Crippen LogP contribution in [0.5, 0.6) is 0 Å². The van der Waals surface area contributed by atoms with E-state index in [0.29, 0.717) is 24.5 Å². The number of hydrogen-bond donors (Lipinski definition) is 0. The summed E-state index contributed by atoms with van der Waals surface area (Å²) in [6.07, 6.45) is 2.33. The van der Waals surface area contributed by atoms with E-state index in [0.717, 1.165) is 12.0 Å². The zero-order chi connectivity index (χ0) is 11.3. The fourth-order valence-electron chi connectivity index (χ4n) is 1.62. The predicted octanol–water partition coefficient (Wildman–Crippen LogP) is 3.41. The third-order valence-corrected chi connectivity index (χ3v) is 2.46. The molecule has 1 heteroatoms. The number of hydrogen-bond acceptors (Lipinski definition) is 1. The molecule has 0 aliphatic heterocycles. The first-order valence-corrected chi connectivity index (χ1v) is 5.71. The van der Waals surface area contributed by atoms with E-state index in [9.17, 15) is 4.79 Å². The molecule has 0 radical (unpaired) electrons. The Hall–Kier alpha value is -1.11. The van der Waals surface area contributed by atoms with Gasteiger partial charge < -0.3 is 0 Å². The molecule has 0 aromatic heterocycles. The molecule has 1 rings (SSSR count). The highest BCUT2D eigenvalue weighted by Crippen LogP contribution is 2.10. The highest BCUT2D eigenvalue weighted by molar-refractivity contribution is 5.80. The first-order chi connectivity index (χ1) is 7.11. The minimum atomic E-state index is 0.312. The molecule has 0 aliphatic rings. The van der Waals surface area contributed by atoms with Gasteiger partial charge in [0.05, 0.1) is 0 Å². The van der Waals surface area contributed by atoms with Crippen LogP contribution in [0.3, 0.4) is 0 Å². The molecule has 82 valence electrons. The van der Waals surface area contributed by atoms with Gasteiger partial charge in [-0.3, -0.25) is 4.79 Å². The van der Waals surface area contributed by atoms with Gasteiger partial charge in [-0.1, -0.05) is 45.0 Å². The van der Waals surface area contributed by atoms with E-state index in [4.69, 9.17) is 0 Å². The van der Waals surface area contributed by atoms with Crippen LogP contribution in [0.4, 0.5) is 0 Å². The summed E-state index contributed by atoms with van der Waals surface area (Å²) in [4.78, 5) is 11.2. The van der Waals surface area contributed by atoms with Crippen molar-refractivity contribution in [1.82, 2.24) is 0 Å². The third-order valence-electron chi connectivity index (χ3n) is 2.46. The molecule has 0 unspecified atom stereocenters. The molecule has 0 heterocycles. The van der Waals surface area contributed by atoms with Crippen molar-refractivity contribution in [3.63, 3.8) is 0 Å². The normalized spacial score (nSPS) is 10.7. The van der Waals surface area contributed by atoms with Gasteiger partial charge in [0, 0.05) is 12.8 Å². The topological polar surface area (TPSA) is 17.1 Å². The van der Waals surface area contributed by atoms with Crippen molar-refractivity contribution in [3.05, 3.63) is 35.4 Å². The summed E-state index contributed by atoms with van der Waals surface area (Å²) in [6.45, 7) is 6.35. The lowest BCUT2D eigenvalue weighted by atomic mass is 10.00. The fourth-order valence-corrected chi connectivity index (χ4v) is 1.62. The molecule has 0 spiro atoms. The molecular formula is C14H20O. The van der Waals surface area contributed by atoms with Gasteiger partial charge in [0.1, 0.15) is 5.78 Å². The lowest BCUT2D eigenvalue weighted by Gasteiger charge is -2.05. The van der Waals surface area contributed by atoms with Gasteiger partial charge >= 0.3 is 0 Å². The van der Waals surface area contributed by atoms with Crippen molar-refractivity contribution in [2.75, 3.05) is 0 Å². The van der Waals surface area contributed by atoms with E-state index in [2.05, 4.69) is 38.1 Å². The van der Waals surface area contributed by atoms with E-state index in [1.165, 1.54) is 5.56 Å². The molecule has 15 heavy (non-hydrogen) atoms. The van der Waals surface area contributed by atoms with Gasteiger partial charge in [-0.25, -0.2) is 0 Å². The van der Waals surface area contributed by atoms with Crippen LogP contribution < -0.4 is 0 Å². The third kappa shape index (κ3) is 4.28. The molecule has 0 saturated heterocycles. The van der Waals surface area contributed by atoms with Gasteiger partial charge in [0.2, 0.25) is 0 Å². The Kier molecular flexibility index (Phi) is 4.54. The van der Waals surface area contributed by atoms with Gasteiger partial charge in [0.15, 0.2) is 0 Å². The number of carbonyl (C=O) groups is 1. The Bertz CT molecular complexity index is 309. The minimum absolute atomic E-state index is 0.312. The Balaban J connectivity index is 2.60. The van der Waals surface area contributed by atoms with Crippen molar-refractivity contribution in [2.45, 2.75) is 40.0 Å². The molecule has 1 nitrogen and oxygen atoms in total. The minimum Gasteiger partial charge on any atom is -0.299 e. The summed E-state index contributed by atoms with van der Waals surface area (Å²) < 4.78 is 0. The van der Waals surface area contributed by atoms with Crippen LogP contribution in [0.1, 0.15) is 38.3 Å². The summed E-state index contributed by atoms with van der Waals surface area (Å²) in [5.74, 6) is 1.000. The van der Waals surface area contributed by atoms with Crippen molar-refractivity contribution < 1.29 is 4.79 Å². The summed E-state index contributed by atoms with van der Waals surface area (Å²) in [5, 5.41) is 0. The number of carbonyl (C=O) groups excluding carboxylic acids is 1. The Labute approximate surface area is 92.5 Å². The Morgan fingerprint density at radius 2 is 1.67 bits per heavy atom. The summed E-state index contributed by atoms with van der Waals surface area (Å²) in [7, 11) is 0. The summed E-state index contributed by atoms with van der Waals surface area (Å²) >= 11 is 0.